The van der Waals surface area contributed by atoms with Crippen LogP contribution in [0.3, 0.4) is 0 Å². The molecule has 2 aromatic heterocycles. The number of amides is 1. The average Bonchev–Trinajstić information content (AvgIpc) is 3.24. The highest BCUT2D eigenvalue weighted by atomic mass is 32.2. The van der Waals surface area contributed by atoms with Crippen LogP contribution in [0, 0.1) is 0 Å². The second-order valence-electron chi connectivity index (χ2n) is 4.51. The van der Waals surface area contributed by atoms with E-state index in [-0.39, 0.29) is 30.2 Å². The summed E-state index contributed by atoms with van der Waals surface area (Å²) in [5, 5.41) is 18.0. The van der Waals surface area contributed by atoms with Gasteiger partial charge in [-0.25, -0.2) is 0 Å². The number of nitrogens with zero attached hydrogens (tertiary/aromatic N) is 4. The Labute approximate surface area is 140 Å². The van der Waals surface area contributed by atoms with Gasteiger partial charge in [-0.15, -0.1) is 15.3 Å². The van der Waals surface area contributed by atoms with Gasteiger partial charge in [-0.1, -0.05) is 35.1 Å². The quantitative estimate of drug-likeness (QED) is 0.640. The lowest BCUT2D eigenvalue weighted by Crippen LogP contribution is -2.14. The number of aromatic nitrogens is 4. The number of hydrogen-bond donors (Lipinski definition) is 1. The van der Waals surface area contributed by atoms with Crippen LogP contribution in [0.2, 0.25) is 0 Å². The van der Waals surface area contributed by atoms with Gasteiger partial charge in [0, 0.05) is 12.7 Å². The largest absolute Gasteiger partial charge is 0.411 e. The van der Waals surface area contributed by atoms with E-state index in [1.165, 1.54) is 7.11 Å². The standard InChI is InChI=1S/C14H13N5O4S/c1-21-7-11-16-18-13(22-11)15-10(20)8-24-14-19-17-12(23-14)9-5-3-2-4-6-9/h2-6H,7-8H2,1H3,(H,15,18,20). The van der Waals surface area contributed by atoms with Crippen LogP contribution in [0.15, 0.2) is 44.4 Å². The van der Waals surface area contributed by atoms with Crippen molar-refractivity contribution in [2.24, 2.45) is 0 Å². The van der Waals surface area contributed by atoms with Gasteiger partial charge in [0.05, 0.1) is 5.75 Å². The molecule has 124 valence electrons. The molecule has 10 heteroatoms. The average molecular weight is 347 g/mol. The maximum absolute atomic E-state index is 11.8. The zero-order valence-electron chi connectivity index (χ0n) is 12.6. The van der Waals surface area contributed by atoms with E-state index < -0.39 is 0 Å². The first-order chi connectivity index (χ1) is 11.7. The summed E-state index contributed by atoms with van der Waals surface area (Å²) in [7, 11) is 1.51. The van der Waals surface area contributed by atoms with Gasteiger partial charge in [-0.3, -0.25) is 10.1 Å². The fourth-order valence-corrected chi connectivity index (χ4v) is 2.30. The van der Waals surface area contributed by atoms with Gasteiger partial charge < -0.3 is 13.6 Å². The molecule has 0 bridgehead atoms. The number of anilines is 1. The van der Waals surface area contributed by atoms with Gasteiger partial charge in [0.1, 0.15) is 6.61 Å². The summed E-state index contributed by atoms with van der Waals surface area (Å²) in [6, 6.07) is 9.39. The molecule has 0 radical (unpaired) electrons. The number of benzene rings is 1. The van der Waals surface area contributed by atoms with Crippen molar-refractivity contribution in [3.63, 3.8) is 0 Å². The SMILES string of the molecule is COCc1nnc(NC(=O)CSc2nnc(-c3ccccc3)o2)o1. The third kappa shape index (κ3) is 4.18. The minimum absolute atomic E-state index is 0.0168. The van der Waals surface area contributed by atoms with E-state index in [9.17, 15) is 4.79 Å². The Morgan fingerprint density at radius 3 is 2.79 bits per heavy atom. The van der Waals surface area contributed by atoms with Gasteiger partial charge in [0.15, 0.2) is 0 Å². The summed E-state index contributed by atoms with van der Waals surface area (Å²) in [5.41, 5.74) is 0.817. The van der Waals surface area contributed by atoms with Crippen LogP contribution in [-0.4, -0.2) is 39.2 Å². The Hall–Kier alpha value is -2.72. The molecule has 3 aromatic rings. The minimum Gasteiger partial charge on any atom is -0.411 e. The van der Waals surface area contributed by atoms with Crippen molar-refractivity contribution in [3.8, 4) is 11.5 Å². The number of methoxy groups -OCH3 is 1. The maximum atomic E-state index is 11.8. The van der Waals surface area contributed by atoms with Gasteiger partial charge in [-0.2, -0.15) is 0 Å². The molecule has 1 aromatic carbocycles. The van der Waals surface area contributed by atoms with Crippen LogP contribution < -0.4 is 5.32 Å². The van der Waals surface area contributed by atoms with Crippen molar-refractivity contribution < 1.29 is 18.4 Å². The van der Waals surface area contributed by atoms with Crippen molar-refractivity contribution in [1.82, 2.24) is 20.4 Å². The highest BCUT2D eigenvalue weighted by Crippen LogP contribution is 2.22. The first kappa shape index (κ1) is 16.1. The first-order valence-electron chi connectivity index (χ1n) is 6.87. The maximum Gasteiger partial charge on any atom is 0.322 e. The van der Waals surface area contributed by atoms with Crippen LogP contribution in [0.25, 0.3) is 11.5 Å². The van der Waals surface area contributed by atoms with E-state index in [4.69, 9.17) is 13.6 Å². The van der Waals surface area contributed by atoms with Crippen LogP contribution in [0.1, 0.15) is 5.89 Å². The topological polar surface area (TPSA) is 116 Å². The van der Waals surface area contributed by atoms with Gasteiger partial charge in [-0.05, 0) is 12.1 Å². The Morgan fingerprint density at radius 1 is 1.17 bits per heavy atom. The molecule has 0 fully saturated rings. The van der Waals surface area contributed by atoms with E-state index in [2.05, 4.69) is 25.7 Å². The third-order valence-corrected chi connectivity index (χ3v) is 3.55. The van der Waals surface area contributed by atoms with Crippen LogP contribution >= 0.6 is 11.8 Å². The molecule has 0 aliphatic heterocycles. The number of nitrogens with one attached hydrogen (secondary N) is 1. The van der Waals surface area contributed by atoms with Gasteiger partial charge in [0.25, 0.3) is 5.22 Å². The van der Waals surface area contributed by atoms with Crippen molar-refractivity contribution in [2.45, 2.75) is 11.8 Å². The summed E-state index contributed by atoms with van der Waals surface area (Å²) in [6.45, 7) is 0.182. The molecule has 0 unspecified atom stereocenters. The lowest BCUT2D eigenvalue weighted by atomic mass is 10.2. The normalized spacial score (nSPS) is 10.7. The van der Waals surface area contributed by atoms with Crippen LogP contribution in [0.4, 0.5) is 6.01 Å². The van der Waals surface area contributed by atoms with E-state index >= 15 is 0 Å². The molecule has 0 aliphatic carbocycles. The molecule has 1 amide bonds. The van der Waals surface area contributed by atoms with Crippen molar-refractivity contribution in [1.29, 1.82) is 0 Å². The Balaban J connectivity index is 1.52. The summed E-state index contributed by atoms with van der Waals surface area (Å²) >= 11 is 1.11. The summed E-state index contributed by atoms with van der Waals surface area (Å²) in [5.74, 6) is 0.426. The first-order valence-corrected chi connectivity index (χ1v) is 7.86. The molecule has 2 heterocycles. The Bertz CT molecular complexity index is 804. The van der Waals surface area contributed by atoms with E-state index in [0.29, 0.717) is 11.1 Å². The monoisotopic (exact) mass is 347 g/mol. The molecule has 0 saturated carbocycles. The second-order valence-corrected chi connectivity index (χ2v) is 5.44. The number of hydrogen-bond acceptors (Lipinski definition) is 9. The molecule has 3 rings (SSSR count). The number of rotatable bonds is 7. The van der Waals surface area contributed by atoms with E-state index in [0.717, 1.165) is 17.3 Å². The molecular formula is C14H13N5O4S. The molecule has 0 spiro atoms. The molecule has 1 N–H and O–H groups in total. The number of carbonyl (C=O) groups excluding carboxylic acids is 1. The highest BCUT2D eigenvalue weighted by molar-refractivity contribution is 7.99. The zero-order valence-corrected chi connectivity index (χ0v) is 13.4. The van der Waals surface area contributed by atoms with Crippen LogP contribution in [0.5, 0.6) is 0 Å². The predicted molar refractivity (Wildman–Crippen MR) is 84.1 cm³/mol. The third-order valence-electron chi connectivity index (χ3n) is 2.73. The number of thioether (sulfide) groups is 1. The van der Waals surface area contributed by atoms with E-state index in [1.807, 2.05) is 30.3 Å². The van der Waals surface area contributed by atoms with Crippen molar-refractivity contribution in [3.05, 3.63) is 36.2 Å². The molecule has 0 aliphatic rings. The Morgan fingerprint density at radius 2 is 2.00 bits per heavy atom. The molecule has 24 heavy (non-hydrogen) atoms. The lowest BCUT2D eigenvalue weighted by Gasteiger charge is -1.97. The molecule has 9 nitrogen and oxygen atoms in total. The smallest absolute Gasteiger partial charge is 0.322 e. The number of carbonyl (C=O) groups is 1. The molecular weight excluding hydrogens is 334 g/mol. The fourth-order valence-electron chi connectivity index (χ4n) is 1.73. The predicted octanol–water partition coefficient (Wildman–Crippen LogP) is 2.00. The minimum atomic E-state index is -0.327. The Kier molecular flexibility index (Phi) is 5.18. The summed E-state index contributed by atoms with van der Waals surface area (Å²) < 4.78 is 15.5. The fraction of sp³-hybridized carbons (Fsp3) is 0.214. The molecule has 0 atom stereocenters. The van der Waals surface area contributed by atoms with Crippen molar-refractivity contribution >= 4 is 23.7 Å². The van der Waals surface area contributed by atoms with Gasteiger partial charge >= 0.3 is 6.01 Å². The number of ether oxygens (including phenoxy) is 1. The molecule has 0 saturated heterocycles. The van der Waals surface area contributed by atoms with Crippen molar-refractivity contribution in [2.75, 3.05) is 18.2 Å². The summed E-state index contributed by atoms with van der Waals surface area (Å²) in [6.07, 6.45) is 0. The zero-order chi connectivity index (χ0) is 16.8. The van der Waals surface area contributed by atoms with E-state index in [1.54, 1.807) is 0 Å². The summed E-state index contributed by atoms with van der Waals surface area (Å²) in [4.78, 5) is 11.8. The highest BCUT2D eigenvalue weighted by Gasteiger charge is 2.13. The van der Waals surface area contributed by atoms with Gasteiger partial charge in [0.2, 0.25) is 17.7 Å². The lowest BCUT2D eigenvalue weighted by molar-refractivity contribution is -0.114. The van der Waals surface area contributed by atoms with Crippen LogP contribution in [-0.2, 0) is 16.1 Å². The second kappa shape index (κ2) is 7.70.